The van der Waals surface area contributed by atoms with Crippen molar-refractivity contribution in [3.8, 4) is 0 Å². The fourth-order valence-corrected chi connectivity index (χ4v) is 0.959. The number of urea groups is 1. The number of amides is 2. The molecule has 0 bridgehead atoms. The number of hydrogen-bond acceptors (Lipinski definition) is 1. The van der Waals surface area contributed by atoms with Crippen LogP contribution < -0.4 is 10.6 Å². The molecule has 1 saturated heterocycles. The molecular weight excluding hydrogens is 130 g/mol. The number of rotatable bonds is 0. The van der Waals surface area contributed by atoms with Crippen molar-refractivity contribution in [2.45, 2.75) is 6.42 Å². The van der Waals surface area contributed by atoms with Crippen LogP contribution in [-0.4, -0.2) is 37.7 Å². The zero-order valence-electron chi connectivity index (χ0n) is 6.13. The van der Waals surface area contributed by atoms with Gasteiger partial charge in [0.05, 0.1) is 6.67 Å². The Morgan fingerprint density at radius 3 is 3.00 bits per heavy atom. The molecule has 0 aliphatic carbocycles. The molecule has 1 aliphatic heterocycles. The van der Waals surface area contributed by atoms with Gasteiger partial charge in [-0.05, 0) is 6.42 Å². The Hall–Kier alpha value is -0.770. The quantitative estimate of drug-likeness (QED) is 0.491. The Morgan fingerprint density at radius 1 is 1.70 bits per heavy atom. The molecule has 2 amide bonds. The van der Waals surface area contributed by atoms with E-state index in [4.69, 9.17) is 0 Å². The van der Waals surface area contributed by atoms with E-state index in [0.717, 1.165) is 19.5 Å². The van der Waals surface area contributed by atoms with E-state index in [9.17, 15) is 4.79 Å². The maximum absolute atomic E-state index is 10.9. The Labute approximate surface area is 60.6 Å². The van der Waals surface area contributed by atoms with Crippen LogP contribution in [0.15, 0.2) is 0 Å². The summed E-state index contributed by atoms with van der Waals surface area (Å²) in [5.41, 5.74) is 0. The van der Waals surface area contributed by atoms with E-state index >= 15 is 0 Å². The predicted octanol–water partition coefficient (Wildman–Crippen LogP) is -0.407. The SMILES string of the molecule is CNC(=O)N1CCC[N]C1. The van der Waals surface area contributed by atoms with Crippen molar-refractivity contribution >= 4 is 6.03 Å². The topological polar surface area (TPSA) is 46.4 Å². The second-order valence-electron chi connectivity index (χ2n) is 2.26. The van der Waals surface area contributed by atoms with Gasteiger partial charge in [0.15, 0.2) is 0 Å². The highest BCUT2D eigenvalue weighted by molar-refractivity contribution is 5.73. The highest BCUT2D eigenvalue weighted by Crippen LogP contribution is 1.96. The van der Waals surface area contributed by atoms with Gasteiger partial charge in [0.1, 0.15) is 0 Å². The van der Waals surface area contributed by atoms with Crippen LogP contribution in [-0.2, 0) is 0 Å². The van der Waals surface area contributed by atoms with Crippen LogP contribution in [0.4, 0.5) is 4.79 Å². The van der Waals surface area contributed by atoms with Crippen molar-refractivity contribution in [3.05, 3.63) is 0 Å². The summed E-state index contributed by atoms with van der Waals surface area (Å²) in [6.45, 7) is 2.29. The average molecular weight is 142 g/mol. The maximum Gasteiger partial charge on any atom is 0.318 e. The lowest BCUT2D eigenvalue weighted by molar-refractivity contribution is 0.183. The monoisotopic (exact) mass is 142 g/mol. The highest BCUT2D eigenvalue weighted by atomic mass is 16.2. The number of nitrogens with zero attached hydrogens (tertiary/aromatic N) is 2. The van der Waals surface area contributed by atoms with Crippen molar-refractivity contribution < 1.29 is 4.79 Å². The molecule has 1 aliphatic rings. The van der Waals surface area contributed by atoms with Crippen molar-refractivity contribution in [2.75, 3.05) is 26.8 Å². The van der Waals surface area contributed by atoms with Gasteiger partial charge in [-0.15, -0.1) is 0 Å². The van der Waals surface area contributed by atoms with Crippen LogP contribution in [0.1, 0.15) is 6.42 Å². The van der Waals surface area contributed by atoms with Crippen molar-refractivity contribution in [1.82, 2.24) is 15.5 Å². The predicted molar refractivity (Wildman–Crippen MR) is 37.6 cm³/mol. The summed E-state index contributed by atoms with van der Waals surface area (Å²) in [6.07, 6.45) is 0.993. The largest absolute Gasteiger partial charge is 0.341 e. The van der Waals surface area contributed by atoms with Crippen LogP contribution >= 0.6 is 0 Å². The van der Waals surface area contributed by atoms with Gasteiger partial charge in [-0.25, -0.2) is 10.1 Å². The first-order valence-electron chi connectivity index (χ1n) is 3.44. The first kappa shape index (κ1) is 7.34. The normalized spacial score (nSPS) is 18.7. The molecule has 4 heteroatoms. The van der Waals surface area contributed by atoms with Gasteiger partial charge >= 0.3 is 6.03 Å². The molecule has 0 saturated carbocycles. The zero-order valence-corrected chi connectivity index (χ0v) is 6.13. The summed E-state index contributed by atoms with van der Waals surface area (Å²) in [4.78, 5) is 12.6. The summed E-state index contributed by atoms with van der Waals surface area (Å²) in [6, 6.07) is -0.0246. The number of hydrogen-bond donors (Lipinski definition) is 1. The van der Waals surface area contributed by atoms with E-state index in [1.54, 1.807) is 11.9 Å². The van der Waals surface area contributed by atoms with E-state index < -0.39 is 0 Å². The van der Waals surface area contributed by atoms with E-state index in [2.05, 4.69) is 10.6 Å². The lowest BCUT2D eigenvalue weighted by Gasteiger charge is -2.25. The first-order chi connectivity index (χ1) is 4.84. The third-order valence-corrected chi connectivity index (χ3v) is 1.52. The molecule has 0 unspecified atom stereocenters. The standard InChI is InChI=1S/C6H12N3O/c1-7-6(10)9-4-2-3-8-5-9/h2-5H2,1H3,(H,7,10). The minimum absolute atomic E-state index is 0.0246. The van der Waals surface area contributed by atoms with Crippen molar-refractivity contribution in [3.63, 3.8) is 0 Å². The van der Waals surface area contributed by atoms with Gasteiger partial charge < -0.3 is 10.2 Å². The third kappa shape index (κ3) is 1.60. The van der Waals surface area contributed by atoms with Crippen LogP contribution in [0.5, 0.6) is 0 Å². The Bertz CT molecular complexity index is 120. The minimum atomic E-state index is -0.0246. The Balaban J connectivity index is 2.31. The van der Waals surface area contributed by atoms with Gasteiger partial charge in [0.2, 0.25) is 0 Å². The van der Waals surface area contributed by atoms with Gasteiger partial charge in [-0.1, -0.05) is 0 Å². The molecule has 10 heavy (non-hydrogen) atoms. The third-order valence-electron chi connectivity index (χ3n) is 1.52. The molecule has 1 rings (SSSR count). The molecule has 0 spiro atoms. The molecular formula is C6H12N3O. The van der Waals surface area contributed by atoms with Crippen LogP contribution in [0.25, 0.3) is 0 Å². The Kier molecular flexibility index (Phi) is 2.50. The lowest BCUT2D eigenvalue weighted by Crippen LogP contribution is -2.45. The van der Waals surface area contributed by atoms with E-state index in [-0.39, 0.29) is 6.03 Å². The summed E-state index contributed by atoms with van der Waals surface area (Å²) >= 11 is 0. The van der Waals surface area contributed by atoms with Gasteiger partial charge in [0.25, 0.3) is 0 Å². The first-order valence-corrected chi connectivity index (χ1v) is 3.44. The van der Waals surface area contributed by atoms with E-state index in [0.29, 0.717) is 6.67 Å². The molecule has 57 valence electrons. The van der Waals surface area contributed by atoms with E-state index in [1.165, 1.54) is 0 Å². The average Bonchev–Trinajstić information content (AvgIpc) is 2.05. The molecule has 1 fully saturated rings. The van der Waals surface area contributed by atoms with Crippen LogP contribution in [0.3, 0.4) is 0 Å². The maximum atomic E-state index is 10.9. The zero-order chi connectivity index (χ0) is 7.40. The van der Waals surface area contributed by atoms with Crippen molar-refractivity contribution in [2.24, 2.45) is 0 Å². The highest BCUT2D eigenvalue weighted by Gasteiger charge is 2.14. The number of carbonyl (C=O) groups is 1. The van der Waals surface area contributed by atoms with Crippen molar-refractivity contribution in [1.29, 1.82) is 0 Å². The summed E-state index contributed by atoms with van der Waals surface area (Å²) in [5, 5.41) is 6.65. The van der Waals surface area contributed by atoms with Crippen LogP contribution in [0, 0.1) is 0 Å². The molecule has 1 radical (unpaired) electrons. The van der Waals surface area contributed by atoms with Gasteiger partial charge in [-0.2, -0.15) is 0 Å². The Morgan fingerprint density at radius 2 is 2.50 bits per heavy atom. The second kappa shape index (κ2) is 3.41. The molecule has 0 aromatic heterocycles. The lowest BCUT2D eigenvalue weighted by atomic mass is 10.3. The summed E-state index contributed by atoms with van der Waals surface area (Å²) in [7, 11) is 1.64. The second-order valence-corrected chi connectivity index (χ2v) is 2.26. The smallest absolute Gasteiger partial charge is 0.318 e. The molecule has 1 N–H and O–H groups in total. The molecule has 0 aromatic rings. The van der Waals surface area contributed by atoms with Gasteiger partial charge in [0, 0.05) is 20.1 Å². The molecule has 0 aromatic carbocycles. The summed E-state index contributed by atoms with van der Waals surface area (Å²) < 4.78 is 0. The molecule has 0 atom stereocenters. The van der Waals surface area contributed by atoms with E-state index in [1.807, 2.05) is 0 Å². The molecule has 4 nitrogen and oxygen atoms in total. The fraction of sp³-hybridized carbons (Fsp3) is 0.833. The summed E-state index contributed by atoms with van der Waals surface area (Å²) in [5.74, 6) is 0. The molecule has 1 heterocycles. The van der Waals surface area contributed by atoms with Gasteiger partial charge in [-0.3, -0.25) is 0 Å². The van der Waals surface area contributed by atoms with Crippen LogP contribution in [0.2, 0.25) is 0 Å². The number of carbonyl (C=O) groups excluding carboxylic acids is 1. The number of nitrogens with one attached hydrogen (secondary N) is 1. The minimum Gasteiger partial charge on any atom is -0.341 e. The fourth-order valence-electron chi connectivity index (χ4n) is 0.959.